The van der Waals surface area contributed by atoms with Crippen molar-refractivity contribution in [1.29, 1.82) is 0 Å². The Morgan fingerprint density at radius 3 is 2.53 bits per heavy atom. The van der Waals surface area contributed by atoms with Crippen LogP contribution in [0.1, 0.15) is 16.7 Å². The van der Waals surface area contributed by atoms with E-state index in [1.165, 1.54) is 0 Å². The topological polar surface area (TPSA) is 22.0 Å². The fourth-order valence-electron chi connectivity index (χ4n) is 1.83. The molecule has 1 aromatic carbocycles. The molecule has 2 aromatic rings. The molecule has 100 valence electrons. The van der Waals surface area contributed by atoms with Gasteiger partial charge in [-0.3, -0.25) is 4.79 Å². The summed E-state index contributed by atoms with van der Waals surface area (Å²) in [5.74, 6) is 0. The number of rotatable bonds is 2. The molecule has 2 rings (SSSR count). The molecule has 5 heteroatoms. The highest BCUT2D eigenvalue weighted by molar-refractivity contribution is 5.23. The van der Waals surface area contributed by atoms with Gasteiger partial charge in [-0.15, -0.1) is 0 Å². The minimum atomic E-state index is -4.44. The Bertz CT molecular complexity index is 644. The molecule has 1 aromatic heterocycles. The van der Waals surface area contributed by atoms with Gasteiger partial charge in [0.2, 0.25) is 0 Å². The van der Waals surface area contributed by atoms with Crippen molar-refractivity contribution in [2.45, 2.75) is 19.6 Å². The van der Waals surface area contributed by atoms with Crippen LogP contribution in [-0.4, -0.2) is 4.57 Å². The van der Waals surface area contributed by atoms with E-state index in [0.717, 1.165) is 34.0 Å². The maximum absolute atomic E-state index is 12.6. The van der Waals surface area contributed by atoms with Gasteiger partial charge in [0.15, 0.2) is 0 Å². The van der Waals surface area contributed by atoms with E-state index in [1.54, 1.807) is 6.07 Å². The Balaban J connectivity index is 2.37. The van der Waals surface area contributed by atoms with E-state index in [0.29, 0.717) is 0 Å². The first-order chi connectivity index (χ1) is 8.86. The van der Waals surface area contributed by atoms with Crippen molar-refractivity contribution in [2.75, 3.05) is 0 Å². The summed E-state index contributed by atoms with van der Waals surface area (Å²) in [5.41, 5.74) is 0.521. The molecule has 0 spiro atoms. The van der Waals surface area contributed by atoms with Crippen LogP contribution in [0.3, 0.4) is 0 Å². The zero-order chi connectivity index (χ0) is 14.0. The van der Waals surface area contributed by atoms with E-state index in [4.69, 9.17) is 0 Å². The lowest BCUT2D eigenvalue weighted by Gasteiger charge is -2.11. The summed E-state index contributed by atoms with van der Waals surface area (Å²) in [5, 5.41) is 0. The van der Waals surface area contributed by atoms with Gasteiger partial charge < -0.3 is 4.57 Å². The minimum absolute atomic E-state index is 0.129. The number of aryl methyl sites for hydroxylation is 1. The Labute approximate surface area is 108 Å². The Morgan fingerprint density at radius 2 is 1.89 bits per heavy atom. The third-order valence-corrected chi connectivity index (χ3v) is 2.75. The van der Waals surface area contributed by atoms with E-state index >= 15 is 0 Å². The molecule has 0 aliphatic heterocycles. The van der Waals surface area contributed by atoms with E-state index < -0.39 is 17.3 Å². The largest absolute Gasteiger partial charge is 0.417 e. The maximum atomic E-state index is 12.6. The van der Waals surface area contributed by atoms with Crippen LogP contribution in [0, 0.1) is 6.92 Å². The predicted octanol–water partition coefficient (Wildman–Crippen LogP) is 3.22. The maximum Gasteiger partial charge on any atom is 0.417 e. The summed E-state index contributed by atoms with van der Waals surface area (Å²) in [4.78, 5) is 11.6. The van der Waals surface area contributed by atoms with Crippen molar-refractivity contribution in [1.82, 2.24) is 4.57 Å². The number of halogens is 3. The Hall–Kier alpha value is -2.04. The summed E-state index contributed by atoms with van der Waals surface area (Å²) in [6.45, 7) is 2.02. The van der Waals surface area contributed by atoms with E-state index in [-0.39, 0.29) is 6.54 Å². The number of hydrogen-bond donors (Lipinski definition) is 0. The van der Waals surface area contributed by atoms with Crippen LogP contribution in [0.5, 0.6) is 0 Å². The van der Waals surface area contributed by atoms with Crippen LogP contribution in [0.15, 0.2) is 47.4 Å². The number of alkyl halides is 3. The van der Waals surface area contributed by atoms with E-state index in [2.05, 4.69) is 0 Å². The molecular weight excluding hydrogens is 255 g/mol. The summed E-state index contributed by atoms with van der Waals surface area (Å²) in [6, 6.07) is 9.06. The van der Waals surface area contributed by atoms with Crippen molar-refractivity contribution in [3.63, 3.8) is 0 Å². The highest BCUT2D eigenvalue weighted by atomic mass is 19.4. The Kier molecular flexibility index (Phi) is 3.46. The van der Waals surface area contributed by atoms with Gasteiger partial charge in [-0.1, -0.05) is 29.8 Å². The first-order valence-electron chi connectivity index (χ1n) is 5.69. The fourth-order valence-corrected chi connectivity index (χ4v) is 1.83. The second-order valence-electron chi connectivity index (χ2n) is 4.37. The van der Waals surface area contributed by atoms with Gasteiger partial charge >= 0.3 is 6.18 Å². The van der Waals surface area contributed by atoms with Crippen molar-refractivity contribution < 1.29 is 13.2 Å². The summed E-state index contributed by atoms with van der Waals surface area (Å²) < 4.78 is 38.8. The molecule has 0 aliphatic rings. The van der Waals surface area contributed by atoms with Gasteiger partial charge in [0, 0.05) is 12.3 Å². The van der Waals surface area contributed by atoms with Crippen molar-refractivity contribution >= 4 is 0 Å². The van der Waals surface area contributed by atoms with Crippen LogP contribution in [0.4, 0.5) is 13.2 Å². The van der Waals surface area contributed by atoms with E-state index in [9.17, 15) is 18.0 Å². The van der Waals surface area contributed by atoms with Crippen LogP contribution in [0.25, 0.3) is 0 Å². The third-order valence-electron chi connectivity index (χ3n) is 2.75. The standard InChI is InChI=1S/C14H12F3NO/c1-10-3-2-4-11(7-10)8-18-9-12(14(15,16)17)5-6-13(18)19/h2-7,9H,8H2,1H3. The first-order valence-corrected chi connectivity index (χ1v) is 5.69. The smallest absolute Gasteiger partial charge is 0.311 e. The molecule has 0 amide bonds. The third kappa shape index (κ3) is 3.24. The fraction of sp³-hybridized carbons (Fsp3) is 0.214. The number of benzene rings is 1. The zero-order valence-corrected chi connectivity index (χ0v) is 10.2. The lowest BCUT2D eigenvalue weighted by atomic mass is 10.1. The van der Waals surface area contributed by atoms with Crippen LogP contribution < -0.4 is 5.56 Å². The highest BCUT2D eigenvalue weighted by Gasteiger charge is 2.30. The molecule has 0 radical (unpaired) electrons. The molecule has 0 saturated carbocycles. The highest BCUT2D eigenvalue weighted by Crippen LogP contribution is 2.28. The second kappa shape index (κ2) is 4.91. The summed E-state index contributed by atoms with van der Waals surface area (Å²) in [6.07, 6.45) is -3.59. The van der Waals surface area contributed by atoms with Crippen molar-refractivity contribution in [2.24, 2.45) is 0 Å². The quantitative estimate of drug-likeness (QED) is 0.818. The lowest BCUT2D eigenvalue weighted by Crippen LogP contribution is -2.21. The molecule has 0 atom stereocenters. The average Bonchev–Trinajstić information content (AvgIpc) is 2.30. The Morgan fingerprint density at radius 1 is 1.16 bits per heavy atom. The molecular formula is C14H12F3NO. The molecule has 0 N–H and O–H groups in total. The second-order valence-corrected chi connectivity index (χ2v) is 4.37. The average molecular weight is 267 g/mol. The van der Waals surface area contributed by atoms with Crippen molar-refractivity contribution in [3.05, 3.63) is 69.6 Å². The van der Waals surface area contributed by atoms with Gasteiger partial charge in [0.1, 0.15) is 0 Å². The molecule has 0 aliphatic carbocycles. The van der Waals surface area contributed by atoms with Gasteiger partial charge in [0.05, 0.1) is 12.1 Å². The minimum Gasteiger partial charge on any atom is -0.311 e. The summed E-state index contributed by atoms with van der Waals surface area (Å²) >= 11 is 0. The van der Waals surface area contributed by atoms with Gasteiger partial charge in [-0.25, -0.2) is 0 Å². The number of pyridine rings is 1. The molecule has 19 heavy (non-hydrogen) atoms. The number of hydrogen-bond acceptors (Lipinski definition) is 1. The summed E-state index contributed by atoms with van der Waals surface area (Å²) in [7, 11) is 0. The zero-order valence-electron chi connectivity index (χ0n) is 10.2. The van der Waals surface area contributed by atoms with Crippen LogP contribution >= 0.6 is 0 Å². The molecule has 0 fully saturated rings. The van der Waals surface area contributed by atoms with E-state index in [1.807, 2.05) is 25.1 Å². The molecule has 0 bridgehead atoms. The first kappa shape index (κ1) is 13.4. The van der Waals surface area contributed by atoms with Crippen LogP contribution in [0.2, 0.25) is 0 Å². The molecule has 1 heterocycles. The van der Waals surface area contributed by atoms with Gasteiger partial charge in [-0.2, -0.15) is 13.2 Å². The lowest BCUT2D eigenvalue weighted by molar-refractivity contribution is -0.138. The molecule has 0 saturated heterocycles. The van der Waals surface area contributed by atoms with Gasteiger partial charge in [0.25, 0.3) is 5.56 Å². The SMILES string of the molecule is Cc1cccc(Cn2cc(C(F)(F)F)ccc2=O)c1. The number of nitrogens with zero attached hydrogens (tertiary/aromatic N) is 1. The normalized spacial score (nSPS) is 11.6. The van der Waals surface area contributed by atoms with Crippen LogP contribution in [-0.2, 0) is 12.7 Å². The number of aromatic nitrogens is 1. The molecule has 0 unspecified atom stereocenters. The monoisotopic (exact) mass is 267 g/mol. The van der Waals surface area contributed by atoms with Gasteiger partial charge in [-0.05, 0) is 18.6 Å². The van der Waals surface area contributed by atoms with Crippen molar-refractivity contribution in [3.8, 4) is 0 Å². The predicted molar refractivity (Wildman–Crippen MR) is 66.0 cm³/mol. The molecule has 2 nitrogen and oxygen atoms in total.